The highest BCUT2D eigenvalue weighted by atomic mass is 16.6. The van der Waals surface area contributed by atoms with Gasteiger partial charge in [-0.05, 0) is 29.8 Å². The van der Waals surface area contributed by atoms with E-state index in [0.717, 1.165) is 5.56 Å². The fraction of sp³-hybridized carbons (Fsp3) is 0.105. The zero-order valence-corrected chi connectivity index (χ0v) is 15.4. The number of primary amides is 1. The molecule has 0 fully saturated rings. The van der Waals surface area contributed by atoms with Gasteiger partial charge in [0.1, 0.15) is 18.1 Å². The Balaban J connectivity index is 1.68. The fourth-order valence-corrected chi connectivity index (χ4v) is 2.65. The van der Waals surface area contributed by atoms with Gasteiger partial charge in [0.2, 0.25) is 0 Å². The minimum atomic E-state index is -0.703. The maximum atomic E-state index is 12.5. The molecule has 1 heterocycles. The van der Waals surface area contributed by atoms with Gasteiger partial charge in [-0.2, -0.15) is 5.10 Å². The number of aryl methyl sites for hydroxylation is 1. The van der Waals surface area contributed by atoms with Crippen LogP contribution in [0.25, 0.3) is 0 Å². The number of nitro benzene ring substituents is 1. The number of hydrogen-bond acceptors (Lipinski definition) is 6. The standard InChI is InChI=1S/C19H17N5O5/c1-23-17(18(20)25)16(10-21-23)22-19(26)13-4-2-3-12(9-13)11-29-15-7-5-14(6-8-15)24(27)28/h2-10H,11H2,1H3,(H2,20,25)(H,22,26). The Labute approximate surface area is 165 Å². The third-order valence-electron chi connectivity index (χ3n) is 4.06. The lowest BCUT2D eigenvalue weighted by molar-refractivity contribution is -0.384. The van der Waals surface area contributed by atoms with Gasteiger partial charge in [0.25, 0.3) is 17.5 Å². The minimum Gasteiger partial charge on any atom is -0.489 e. The molecule has 0 saturated heterocycles. The predicted octanol–water partition coefficient (Wildman–Crippen LogP) is 2.26. The molecule has 0 atom stereocenters. The Morgan fingerprint density at radius 1 is 1.24 bits per heavy atom. The second kappa shape index (κ2) is 8.21. The molecule has 2 amide bonds. The Morgan fingerprint density at radius 2 is 1.97 bits per heavy atom. The smallest absolute Gasteiger partial charge is 0.269 e. The summed E-state index contributed by atoms with van der Waals surface area (Å²) in [6.45, 7) is 0.165. The third-order valence-corrected chi connectivity index (χ3v) is 4.06. The molecule has 3 rings (SSSR count). The number of non-ortho nitro benzene ring substituents is 1. The lowest BCUT2D eigenvalue weighted by atomic mass is 10.1. The van der Waals surface area contributed by atoms with Crippen molar-refractivity contribution in [3.63, 3.8) is 0 Å². The van der Waals surface area contributed by atoms with E-state index < -0.39 is 16.7 Å². The summed E-state index contributed by atoms with van der Waals surface area (Å²) in [5.41, 5.74) is 6.68. The molecule has 0 saturated carbocycles. The van der Waals surface area contributed by atoms with Crippen LogP contribution in [0.2, 0.25) is 0 Å². The van der Waals surface area contributed by atoms with E-state index >= 15 is 0 Å². The van der Waals surface area contributed by atoms with Crippen molar-refractivity contribution in [2.45, 2.75) is 6.61 Å². The Hall–Kier alpha value is -4.21. The highest BCUT2D eigenvalue weighted by Crippen LogP contribution is 2.19. The largest absolute Gasteiger partial charge is 0.489 e. The summed E-state index contributed by atoms with van der Waals surface area (Å²) in [5, 5.41) is 17.2. The van der Waals surface area contributed by atoms with E-state index in [1.165, 1.54) is 35.1 Å². The van der Waals surface area contributed by atoms with Crippen molar-refractivity contribution in [2.75, 3.05) is 5.32 Å². The van der Waals surface area contributed by atoms with E-state index in [2.05, 4.69) is 10.4 Å². The Bertz CT molecular complexity index is 1070. The lowest BCUT2D eigenvalue weighted by Gasteiger charge is -2.09. The van der Waals surface area contributed by atoms with Crippen molar-refractivity contribution >= 4 is 23.2 Å². The molecule has 0 aliphatic heterocycles. The number of rotatable bonds is 7. The number of nitro groups is 1. The van der Waals surface area contributed by atoms with Crippen LogP contribution in [-0.2, 0) is 13.7 Å². The molecule has 148 valence electrons. The summed E-state index contributed by atoms with van der Waals surface area (Å²) in [4.78, 5) is 34.2. The molecule has 10 nitrogen and oxygen atoms in total. The zero-order valence-electron chi connectivity index (χ0n) is 15.4. The van der Waals surface area contributed by atoms with Gasteiger partial charge >= 0.3 is 0 Å². The fourth-order valence-electron chi connectivity index (χ4n) is 2.65. The van der Waals surface area contributed by atoms with Crippen molar-refractivity contribution in [3.05, 3.63) is 81.7 Å². The van der Waals surface area contributed by atoms with Crippen molar-refractivity contribution in [1.82, 2.24) is 9.78 Å². The summed E-state index contributed by atoms with van der Waals surface area (Å²) in [7, 11) is 1.55. The minimum absolute atomic E-state index is 0.0262. The second-order valence-corrected chi connectivity index (χ2v) is 6.09. The van der Waals surface area contributed by atoms with Crippen molar-refractivity contribution in [1.29, 1.82) is 0 Å². The predicted molar refractivity (Wildman–Crippen MR) is 104 cm³/mol. The molecule has 0 radical (unpaired) electrons. The van der Waals surface area contributed by atoms with E-state index in [9.17, 15) is 19.7 Å². The summed E-state index contributed by atoms with van der Waals surface area (Å²) < 4.78 is 6.89. The zero-order chi connectivity index (χ0) is 21.0. The van der Waals surface area contributed by atoms with Gasteiger partial charge in [-0.15, -0.1) is 0 Å². The number of anilines is 1. The highest BCUT2D eigenvalue weighted by Gasteiger charge is 2.17. The third kappa shape index (κ3) is 4.56. The maximum absolute atomic E-state index is 12.5. The second-order valence-electron chi connectivity index (χ2n) is 6.09. The van der Waals surface area contributed by atoms with Gasteiger partial charge in [-0.3, -0.25) is 24.4 Å². The highest BCUT2D eigenvalue weighted by molar-refractivity contribution is 6.08. The molecule has 29 heavy (non-hydrogen) atoms. The number of carbonyl (C=O) groups excluding carboxylic acids is 2. The number of nitrogens with zero attached hydrogens (tertiary/aromatic N) is 3. The Kier molecular flexibility index (Phi) is 5.54. The Morgan fingerprint density at radius 3 is 2.62 bits per heavy atom. The summed E-state index contributed by atoms with van der Waals surface area (Å²) in [6.07, 6.45) is 1.35. The van der Waals surface area contributed by atoms with Crippen LogP contribution in [0.5, 0.6) is 5.75 Å². The topological polar surface area (TPSA) is 142 Å². The molecule has 2 aromatic carbocycles. The summed E-state index contributed by atoms with van der Waals surface area (Å²) in [6, 6.07) is 12.4. The average molecular weight is 395 g/mol. The molecule has 0 aliphatic rings. The van der Waals surface area contributed by atoms with Crippen LogP contribution in [0.1, 0.15) is 26.4 Å². The molecule has 0 unspecified atom stereocenters. The number of ether oxygens (including phenoxy) is 1. The molecule has 3 N–H and O–H groups in total. The lowest BCUT2D eigenvalue weighted by Crippen LogP contribution is -2.20. The van der Waals surface area contributed by atoms with Gasteiger partial charge in [-0.1, -0.05) is 12.1 Å². The molecule has 0 spiro atoms. The van der Waals surface area contributed by atoms with Crippen LogP contribution >= 0.6 is 0 Å². The number of carbonyl (C=O) groups is 2. The number of aromatic nitrogens is 2. The normalized spacial score (nSPS) is 10.4. The van der Waals surface area contributed by atoms with Crippen molar-refractivity contribution in [3.8, 4) is 5.75 Å². The van der Waals surface area contributed by atoms with Gasteiger partial charge in [0.05, 0.1) is 16.8 Å². The first-order chi connectivity index (χ1) is 13.8. The monoisotopic (exact) mass is 395 g/mol. The quantitative estimate of drug-likeness (QED) is 0.464. The first-order valence-electron chi connectivity index (χ1n) is 8.44. The van der Waals surface area contributed by atoms with E-state index in [1.807, 2.05) is 0 Å². The van der Waals surface area contributed by atoms with Crippen molar-refractivity contribution < 1.29 is 19.2 Å². The van der Waals surface area contributed by atoms with Crippen LogP contribution in [0.3, 0.4) is 0 Å². The van der Waals surface area contributed by atoms with Crippen molar-refractivity contribution in [2.24, 2.45) is 12.8 Å². The van der Waals surface area contributed by atoms with Gasteiger partial charge in [0.15, 0.2) is 0 Å². The van der Waals surface area contributed by atoms with Crippen LogP contribution in [-0.4, -0.2) is 26.5 Å². The molecule has 0 bridgehead atoms. The summed E-state index contributed by atoms with van der Waals surface area (Å²) in [5.74, 6) is -0.671. The number of hydrogen-bond donors (Lipinski definition) is 2. The molecular formula is C19H17N5O5. The number of nitrogens with one attached hydrogen (secondary N) is 1. The van der Waals surface area contributed by atoms with E-state index in [4.69, 9.17) is 10.5 Å². The molecule has 1 aromatic heterocycles. The maximum Gasteiger partial charge on any atom is 0.269 e. The first-order valence-corrected chi connectivity index (χ1v) is 8.44. The van der Waals surface area contributed by atoms with Crippen LogP contribution in [0.15, 0.2) is 54.7 Å². The number of nitrogens with two attached hydrogens (primary N) is 1. The van der Waals surface area contributed by atoms with Crippen LogP contribution in [0, 0.1) is 10.1 Å². The van der Waals surface area contributed by atoms with E-state index in [-0.39, 0.29) is 23.7 Å². The molecule has 10 heteroatoms. The summed E-state index contributed by atoms with van der Waals surface area (Å²) >= 11 is 0. The van der Waals surface area contributed by atoms with Crippen LogP contribution < -0.4 is 15.8 Å². The molecule has 3 aromatic rings. The van der Waals surface area contributed by atoms with E-state index in [1.54, 1.807) is 31.3 Å². The van der Waals surface area contributed by atoms with Crippen LogP contribution in [0.4, 0.5) is 11.4 Å². The van der Waals surface area contributed by atoms with E-state index in [0.29, 0.717) is 11.3 Å². The van der Waals surface area contributed by atoms with Gasteiger partial charge in [0, 0.05) is 24.7 Å². The molecule has 0 aliphatic carbocycles. The number of benzene rings is 2. The SMILES string of the molecule is Cn1ncc(NC(=O)c2cccc(COc3ccc([N+](=O)[O-])cc3)c2)c1C(N)=O. The average Bonchev–Trinajstić information content (AvgIpc) is 3.07. The van der Waals surface area contributed by atoms with Gasteiger partial charge < -0.3 is 15.8 Å². The number of amides is 2. The van der Waals surface area contributed by atoms with Gasteiger partial charge in [-0.25, -0.2) is 0 Å². The molecular weight excluding hydrogens is 378 g/mol. The first kappa shape index (κ1) is 19.5.